The van der Waals surface area contributed by atoms with Crippen LogP contribution in [0.4, 0.5) is 5.69 Å². The van der Waals surface area contributed by atoms with E-state index in [1.54, 1.807) is 31.4 Å². The maximum atomic E-state index is 12.9. The van der Waals surface area contributed by atoms with Crippen LogP contribution in [0.25, 0.3) is 0 Å². The molecule has 8 nitrogen and oxygen atoms in total. The summed E-state index contributed by atoms with van der Waals surface area (Å²) >= 11 is 1.32. The van der Waals surface area contributed by atoms with Crippen LogP contribution in [0.5, 0.6) is 5.75 Å². The molecule has 1 atom stereocenters. The maximum Gasteiger partial charge on any atom is 0.251 e. The van der Waals surface area contributed by atoms with E-state index >= 15 is 0 Å². The average Bonchev–Trinajstić information content (AvgIpc) is 3.24. The lowest BCUT2D eigenvalue weighted by molar-refractivity contribution is -0.113. The molecule has 3 aromatic rings. The van der Waals surface area contributed by atoms with Gasteiger partial charge >= 0.3 is 0 Å². The van der Waals surface area contributed by atoms with Gasteiger partial charge in [-0.1, -0.05) is 43.8 Å². The van der Waals surface area contributed by atoms with Crippen LogP contribution < -0.4 is 15.4 Å². The van der Waals surface area contributed by atoms with Gasteiger partial charge in [-0.05, 0) is 49.2 Å². The van der Waals surface area contributed by atoms with Gasteiger partial charge in [-0.15, -0.1) is 10.2 Å². The van der Waals surface area contributed by atoms with E-state index in [9.17, 15) is 9.59 Å². The number of thioether (sulfide) groups is 1. The third-order valence-electron chi connectivity index (χ3n) is 5.04. The van der Waals surface area contributed by atoms with E-state index in [2.05, 4.69) is 20.8 Å². The molecule has 0 aliphatic carbocycles. The molecule has 0 saturated carbocycles. The molecular formula is C24H29N5O3S. The third-order valence-corrected chi connectivity index (χ3v) is 6.00. The number of carbonyl (C=O) groups excluding carboxylic acids is 2. The van der Waals surface area contributed by atoms with Gasteiger partial charge in [-0.25, -0.2) is 0 Å². The molecule has 1 heterocycles. The molecule has 0 bridgehead atoms. The molecule has 2 amide bonds. The Balaban J connectivity index is 1.70. The number of aromatic nitrogens is 3. The van der Waals surface area contributed by atoms with Crippen molar-refractivity contribution in [2.45, 2.75) is 38.5 Å². The van der Waals surface area contributed by atoms with Crippen molar-refractivity contribution >= 4 is 29.3 Å². The van der Waals surface area contributed by atoms with Crippen molar-refractivity contribution in [2.24, 2.45) is 5.92 Å². The molecule has 33 heavy (non-hydrogen) atoms. The fraction of sp³-hybridized carbons (Fsp3) is 0.333. The monoisotopic (exact) mass is 467 g/mol. The van der Waals surface area contributed by atoms with E-state index in [1.165, 1.54) is 11.8 Å². The standard InChI is InChI=1S/C24H29N5O3S/c1-5-29-22(21(16(2)3)26-23(31)17-11-13-19(32-4)14-12-17)27-28-24(29)33-15-20(30)25-18-9-7-6-8-10-18/h6-14,16,21H,5,15H2,1-4H3,(H,25,30)(H,26,31). The topological polar surface area (TPSA) is 98.1 Å². The van der Waals surface area contributed by atoms with Crippen molar-refractivity contribution in [3.05, 3.63) is 66.0 Å². The zero-order valence-corrected chi connectivity index (χ0v) is 20.1. The second-order valence-electron chi connectivity index (χ2n) is 7.71. The highest BCUT2D eigenvalue weighted by Gasteiger charge is 2.26. The predicted molar refractivity (Wildman–Crippen MR) is 130 cm³/mol. The van der Waals surface area contributed by atoms with Gasteiger partial charge in [0.15, 0.2) is 11.0 Å². The van der Waals surface area contributed by atoms with Gasteiger partial charge in [0, 0.05) is 17.8 Å². The largest absolute Gasteiger partial charge is 0.497 e. The SMILES string of the molecule is CCn1c(SCC(=O)Nc2ccccc2)nnc1C(NC(=O)c1ccc(OC)cc1)C(C)C. The second-order valence-corrected chi connectivity index (χ2v) is 8.65. The minimum absolute atomic E-state index is 0.0842. The molecule has 0 radical (unpaired) electrons. The van der Waals surface area contributed by atoms with Gasteiger partial charge in [0.2, 0.25) is 5.91 Å². The van der Waals surface area contributed by atoms with E-state index in [1.807, 2.05) is 55.7 Å². The van der Waals surface area contributed by atoms with E-state index in [0.717, 1.165) is 5.69 Å². The summed E-state index contributed by atoms with van der Waals surface area (Å²) in [6, 6.07) is 15.9. The second kappa shape index (κ2) is 11.5. The van der Waals surface area contributed by atoms with Crippen LogP contribution >= 0.6 is 11.8 Å². The van der Waals surface area contributed by atoms with Gasteiger partial charge in [0.05, 0.1) is 18.9 Å². The summed E-state index contributed by atoms with van der Waals surface area (Å²) in [5.74, 6) is 1.33. The highest BCUT2D eigenvalue weighted by Crippen LogP contribution is 2.26. The number of methoxy groups -OCH3 is 1. The Morgan fingerprint density at radius 1 is 1.06 bits per heavy atom. The van der Waals surface area contributed by atoms with E-state index < -0.39 is 0 Å². The highest BCUT2D eigenvalue weighted by atomic mass is 32.2. The van der Waals surface area contributed by atoms with Crippen molar-refractivity contribution in [1.82, 2.24) is 20.1 Å². The predicted octanol–water partition coefficient (Wildman–Crippen LogP) is 4.16. The van der Waals surface area contributed by atoms with Crippen molar-refractivity contribution in [3.8, 4) is 5.75 Å². The molecule has 0 aliphatic heterocycles. The van der Waals surface area contributed by atoms with Crippen molar-refractivity contribution in [3.63, 3.8) is 0 Å². The number of para-hydroxylation sites is 1. The van der Waals surface area contributed by atoms with Crippen LogP contribution in [-0.4, -0.2) is 39.4 Å². The van der Waals surface area contributed by atoms with Crippen LogP contribution in [0.3, 0.4) is 0 Å². The third kappa shape index (κ3) is 6.35. The lowest BCUT2D eigenvalue weighted by Crippen LogP contribution is -2.33. The van der Waals surface area contributed by atoms with Crippen LogP contribution in [-0.2, 0) is 11.3 Å². The Bertz CT molecular complexity index is 1070. The average molecular weight is 468 g/mol. The van der Waals surface area contributed by atoms with Gasteiger partial charge in [-0.3, -0.25) is 9.59 Å². The van der Waals surface area contributed by atoms with Gasteiger partial charge < -0.3 is 19.9 Å². The van der Waals surface area contributed by atoms with E-state index in [4.69, 9.17) is 4.74 Å². The molecule has 0 saturated heterocycles. The molecular weight excluding hydrogens is 438 g/mol. The molecule has 174 valence electrons. The van der Waals surface area contributed by atoms with Crippen LogP contribution in [0, 0.1) is 5.92 Å². The zero-order chi connectivity index (χ0) is 23.8. The van der Waals surface area contributed by atoms with Crippen molar-refractivity contribution in [2.75, 3.05) is 18.2 Å². The Morgan fingerprint density at radius 3 is 2.36 bits per heavy atom. The summed E-state index contributed by atoms with van der Waals surface area (Å²) in [4.78, 5) is 25.2. The summed E-state index contributed by atoms with van der Waals surface area (Å²) in [7, 11) is 1.59. The molecule has 9 heteroatoms. The van der Waals surface area contributed by atoms with Crippen molar-refractivity contribution in [1.29, 1.82) is 0 Å². The smallest absolute Gasteiger partial charge is 0.251 e. The molecule has 1 aromatic heterocycles. The number of hydrogen-bond acceptors (Lipinski definition) is 6. The number of nitrogens with zero attached hydrogens (tertiary/aromatic N) is 3. The van der Waals surface area contributed by atoms with Gasteiger partial charge in [-0.2, -0.15) is 0 Å². The number of hydrogen-bond donors (Lipinski definition) is 2. The first kappa shape index (κ1) is 24.3. The van der Waals surface area contributed by atoms with E-state index in [0.29, 0.717) is 28.8 Å². The minimum Gasteiger partial charge on any atom is -0.497 e. The highest BCUT2D eigenvalue weighted by molar-refractivity contribution is 7.99. The summed E-state index contributed by atoms with van der Waals surface area (Å²) < 4.78 is 7.10. The van der Waals surface area contributed by atoms with Gasteiger partial charge in [0.1, 0.15) is 5.75 Å². The summed E-state index contributed by atoms with van der Waals surface area (Å²) in [5, 5.41) is 15.3. The zero-order valence-electron chi connectivity index (χ0n) is 19.2. The molecule has 1 unspecified atom stereocenters. The first-order valence-electron chi connectivity index (χ1n) is 10.8. The Hall–Kier alpha value is -3.33. The molecule has 2 N–H and O–H groups in total. The first-order chi connectivity index (χ1) is 15.9. The Morgan fingerprint density at radius 2 is 1.76 bits per heavy atom. The summed E-state index contributed by atoms with van der Waals surface area (Å²) in [6.07, 6.45) is 0. The normalized spacial score (nSPS) is 11.8. The molecule has 0 aliphatic rings. The van der Waals surface area contributed by atoms with Crippen LogP contribution in [0.15, 0.2) is 59.8 Å². The fourth-order valence-corrected chi connectivity index (χ4v) is 4.09. The number of amides is 2. The minimum atomic E-state index is -0.334. The molecule has 2 aromatic carbocycles. The number of anilines is 1. The van der Waals surface area contributed by atoms with Crippen LogP contribution in [0.2, 0.25) is 0 Å². The Kier molecular flexibility index (Phi) is 8.48. The molecule has 0 fully saturated rings. The van der Waals surface area contributed by atoms with Crippen LogP contribution in [0.1, 0.15) is 43.0 Å². The van der Waals surface area contributed by atoms with Crippen molar-refractivity contribution < 1.29 is 14.3 Å². The number of nitrogens with one attached hydrogen (secondary N) is 2. The number of benzene rings is 2. The molecule has 3 rings (SSSR count). The van der Waals surface area contributed by atoms with E-state index in [-0.39, 0.29) is 29.5 Å². The summed E-state index contributed by atoms with van der Waals surface area (Å²) in [6.45, 7) is 6.65. The fourth-order valence-electron chi connectivity index (χ4n) is 3.28. The summed E-state index contributed by atoms with van der Waals surface area (Å²) in [5.41, 5.74) is 1.29. The number of carbonyl (C=O) groups is 2. The lowest BCUT2D eigenvalue weighted by Gasteiger charge is -2.22. The number of ether oxygens (including phenoxy) is 1. The molecule has 0 spiro atoms. The quantitative estimate of drug-likeness (QED) is 0.435. The lowest BCUT2D eigenvalue weighted by atomic mass is 10.0. The Labute approximate surface area is 198 Å². The first-order valence-corrected chi connectivity index (χ1v) is 11.8. The maximum absolute atomic E-state index is 12.9. The number of rotatable bonds is 10. The van der Waals surface area contributed by atoms with Gasteiger partial charge in [0.25, 0.3) is 5.91 Å².